The molecule has 2 heterocycles. The standard InChI is InChI=1S/C13H16N2O2/c16-13-15(9-10-4-2-1-3-5-10)11-8-14-7-6-12(11)17-13/h1-5,11-12,14H,6-9H2/t11-,12+/m1/s1. The summed E-state index contributed by atoms with van der Waals surface area (Å²) in [5, 5.41) is 3.32. The van der Waals surface area contributed by atoms with Gasteiger partial charge >= 0.3 is 6.09 Å². The van der Waals surface area contributed by atoms with Gasteiger partial charge in [0.15, 0.2) is 0 Å². The van der Waals surface area contributed by atoms with Gasteiger partial charge < -0.3 is 10.1 Å². The average molecular weight is 232 g/mol. The van der Waals surface area contributed by atoms with E-state index in [1.807, 2.05) is 35.2 Å². The van der Waals surface area contributed by atoms with Crippen LogP contribution < -0.4 is 5.32 Å². The van der Waals surface area contributed by atoms with Crippen LogP contribution in [0.25, 0.3) is 0 Å². The molecule has 1 amide bonds. The van der Waals surface area contributed by atoms with Crippen LogP contribution in [-0.2, 0) is 11.3 Å². The largest absolute Gasteiger partial charge is 0.444 e. The molecule has 2 aliphatic heterocycles. The van der Waals surface area contributed by atoms with Crippen LogP contribution in [0, 0.1) is 0 Å². The molecule has 2 aliphatic rings. The first-order valence-corrected chi connectivity index (χ1v) is 6.06. The van der Waals surface area contributed by atoms with Gasteiger partial charge in [-0.3, -0.25) is 4.90 Å². The second-order valence-corrected chi connectivity index (χ2v) is 4.60. The second kappa shape index (κ2) is 4.37. The minimum Gasteiger partial charge on any atom is -0.444 e. The van der Waals surface area contributed by atoms with Gasteiger partial charge in [0.1, 0.15) is 6.10 Å². The van der Waals surface area contributed by atoms with Crippen molar-refractivity contribution >= 4 is 6.09 Å². The summed E-state index contributed by atoms with van der Waals surface area (Å²) in [6.45, 7) is 2.42. The smallest absolute Gasteiger partial charge is 0.410 e. The Kier molecular flexibility index (Phi) is 2.73. The number of carbonyl (C=O) groups excluding carboxylic acids is 1. The summed E-state index contributed by atoms with van der Waals surface area (Å²) >= 11 is 0. The molecule has 90 valence electrons. The summed E-state index contributed by atoms with van der Waals surface area (Å²) in [6, 6.07) is 10.2. The molecule has 0 radical (unpaired) electrons. The van der Waals surface area contributed by atoms with E-state index in [2.05, 4.69) is 5.32 Å². The van der Waals surface area contributed by atoms with Gasteiger partial charge in [0.2, 0.25) is 0 Å². The number of ether oxygens (including phenoxy) is 1. The minimum atomic E-state index is -0.174. The minimum absolute atomic E-state index is 0.0764. The Bertz CT molecular complexity index is 407. The fraction of sp³-hybridized carbons (Fsp3) is 0.462. The van der Waals surface area contributed by atoms with Crippen molar-refractivity contribution < 1.29 is 9.53 Å². The van der Waals surface area contributed by atoms with Gasteiger partial charge in [-0.15, -0.1) is 0 Å². The molecule has 0 aliphatic carbocycles. The van der Waals surface area contributed by atoms with Gasteiger partial charge in [0.25, 0.3) is 0 Å². The first-order valence-electron chi connectivity index (χ1n) is 6.06. The van der Waals surface area contributed by atoms with Crippen molar-refractivity contribution in [3.8, 4) is 0 Å². The molecule has 4 heteroatoms. The molecule has 2 fully saturated rings. The van der Waals surface area contributed by atoms with E-state index in [-0.39, 0.29) is 18.2 Å². The molecule has 0 bridgehead atoms. The lowest BCUT2D eigenvalue weighted by atomic mass is 10.0. The number of fused-ring (bicyclic) bond motifs is 1. The van der Waals surface area contributed by atoms with Crippen molar-refractivity contribution in [2.24, 2.45) is 0 Å². The number of nitrogens with one attached hydrogen (secondary N) is 1. The Labute approximate surface area is 101 Å². The summed E-state index contributed by atoms with van der Waals surface area (Å²) in [5.41, 5.74) is 1.15. The number of carbonyl (C=O) groups is 1. The highest BCUT2D eigenvalue weighted by molar-refractivity contribution is 5.71. The topological polar surface area (TPSA) is 41.6 Å². The van der Waals surface area contributed by atoms with E-state index in [0.717, 1.165) is 25.1 Å². The monoisotopic (exact) mass is 232 g/mol. The van der Waals surface area contributed by atoms with Crippen molar-refractivity contribution in [1.29, 1.82) is 0 Å². The van der Waals surface area contributed by atoms with Crippen LogP contribution in [-0.4, -0.2) is 36.2 Å². The Morgan fingerprint density at radius 2 is 2.18 bits per heavy atom. The zero-order valence-electron chi connectivity index (χ0n) is 9.63. The second-order valence-electron chi connectivity index (χ2n) is 4.60. The highest BCUT2D eigenvalue weighted by Gasteiger charge is 2.42. The lowest BCUT2D eigenvalue weighted by Crippen LogP contribution is -2.48. The van der Waals surface area contributed by atoms with Crippen LogP contribution in [0.3, 0.4) is 0 Å². The third kappa shape index (κ3) is 2.00. The molecule has 4 nitrogen and oxygen atoms in total. The SMILES string of the molecule is O=C1O[C@H]2CCNC[C@H]2N1Cc1ccccc1. The predicted molar refractivity (Wildman–Crippen MR) is 63.5 cm³/mol. The lowest BCUT2D eigenvalue weighted by molar-refractivity contribution is 0.117. The van der Waals surface area contributed by atoms with Gasteiger partial charge in [-0.25, -0.2) is 4.79 Å². The van der Waals surface area contributed by atoms with Crippen LogP contribution in [0.5, 0.6) is 0 Å². The zero-order valence-corrected chi connectivity index (χ0v) is 9.63. The summed E-state index contributed by atoms with van der Waals surface area (Å²) in [5.74, 6) is 0. The van der Waals surface area contributed by atoms with Gasteiger partial charge in [0.05, 0.1) is 6.04 Å². The van der Waals surface area contributed by atoms with Crippen molar-refractivity contribution in [1.82, 2.24) is 10.2 Å². The molecule has 2 atom stereocenters. The fourth-order valence-electron chi connectivity index (χ4n) is 2.56. The molecule has 0 saturated carbocycles. The zero-order chi connectivity index (χ0) is 11.7. The molecule has 0 spiro atoms. The van der Waals surface area contributed by atoms with E-state index in [1.165, 1.54) is 0 Å². The molecule has 0 aromatic heterocycles. The van der Waals surface area contributed by atoms with E-state index in [9.17, 15) is 4.79 Å². The molecular weight excluding hydrogens is 216 g/mol. The third-order valence-electron chi connectivity index (χ3n) is 3.47. The molecular formula is C13H16N2O2. The number of nitrogens with zero attached hydrogens (tertiary/aromatic N) is 1. The van der Waals surface area contributed by atoms with E-state index in [4.69, 9.17) is 4.74 Å². The van der Waals surface area contributed by atoms with Crippen LogP contribution in [0.4, 0.5) is 4.79 Å². The molecule has 1 N–H and O–H groups in total. The number of piperidine rings is 1. The number of hydrogen-bond donors (Lipinski definition) is 1. The van der Waals surface area contributed by atoms with Crippen molar-refractivity contribution in [3.63, 3.8) is 0 Å². The van der Waals surface area contributed by atoms with E-state index < -0.39 is 0 Å². The molecule has 0 unspecified atom stereocenters. The molecule has 2 saturated heterocycles. The number of amides is 1. The summed E-state index contributed by atoms with van der Waals surface area (Å²) in [4.78, 5) is 13.7. The third-order valence-corrected chi connectivity index (χ3v) is 3.47. The quantitative estimate of drug-likeness (QED) is 0.837. The van der Waals surface area contributed by atoms with Crippen LogP contribution in [0.1, 0.15) is 12.0 Å². The van der Waals surface area contributed by atoms with Crippen LogP contribution >= 0.6 is 0 Å². The Balaban J connectivity index is 1.76. The number of rotatable bonds is 2. The van der Waals surface area contributed by atoms with Crippen molar-refractivity contribution in [2.75, 3.05) is 13.1 Å². The number of benzene rings is 1. The van der Waals surface area contributed by atoms with Crippen molar-refractivity contribution in [2.45, 2.75) is 25.1 Å². The maximum absolute atomic E-state index is 11.8. The Morgan fingerprint density at radius 3 is 3.00 bits per heavy atom. The average Bonchev–Trinajstić information content (AvgIpc) is 2.68. The normalized spacial score (nSPS) is 27.8. The summed E-state index contributed by atoms with van der Waals surface area (Å²) in [7, 11) is 0. The maximum Gasteiger partial charge on any atom is 0.410 e. The molecule has 1 aromatic carbocycles. The van der Waals surface area contributed by atoms with Crippen LogP contribution in [0.2, 0.25) is 0 Å². The highest BCUT2D eigenvalue weighted by atomic mass is 16.6. The van der Waals surface area contributed by atoms with Gasteiger partial charge in [0, 0.05) is 13.1 Å². The molecule has 17 heavy (non-hydrogen) atoms. The van der Waals surface area contributed by atoms with Crippen molar-refractivity contribution in [3.05, 3.63) is 35.9 Å². The van der Waals surface area contributed by atoms with E-state index >= 15 is 0 Å². The predicted octanol–water partition coefficient (Wildman–Crippen LogP) is 1.37. The first-order chi connectivity index (χ1) is 8.34. The fourth-order valence-corrected chi connectivity index (χ4v) is 2.56. The van der Waals surface area contributed by atoms with Gasteiger partial charge in [-0.1, -0.05) is 30.3 Å². The maximum atomic E-state index is 11.8. The highest BCUT2D eigenvalue weighted by Crippen LogP contribution is 2.25. The molecule has 1 aromatic rings. The first kappa shape index (κ1) is 10.6. The Morgan fingerprint density at radius 1 is 1.35 bits per heavy atom. The van der Waals surface area contributed by atoms with Gasteiger partial charge in [-0.2, -0.15) is 0 Å². The summed E-state index contributed by atoms with van der Waals surface area (Å²) < 4.78 is 5.40. The molecule has 3 rings (SSSR count). The summed E-state index contributed by atoms with van der Waals surface area (Å²) in [6.07, 6.45) is 0.821. The number of hydrogen-bond acceptors (Lipinski definition) is 3. The van der Waals surface area contributed by atoms with Crippen LogP contribution in [0.15, 0.2) is 30.3 Å². The Hall–Kier alpha value is -1.55. The lowest BCUT2D eigenvalue weighted by Gasteiger charge is -2.28. The van der Waals surface area contributed by atoms with Gasteiger partial charge in [-0.05, 0) is 18.5 Å². The van der Waals surface area contributed by atoms with E-state index in [1.54, 1.807) is 0 Å². The van der Waals surface area contributed by atoms with E-state index in [0.29, 0.717) is 6.54 Å².